The third-order valence-corrected chi connectivity index (χ3v) is 5.38. The Morgan fingerprint density at radius 1 is 1.07 bits per heavy atom. The van der Waals surface area contributed by atoms with Crippen LogP contribution in [0.1, 0.15) is 17.5 Å². The molecule has 1 aliphatic rings. The monoisotopic (exact) mass is 380 g/mol. The molecule has 1 N–H and O–H groups in total. The van der Waals surface area contributed by atoms with Crippen molar-refractivity contribution >= 4 is 34.8 Å². The molecule has 0 aliphatic carbocycles. The van der Waals surface area contributed by atoms with Crippen molar-refractivity contribution in [1.82, 2.24) is 4.90 Å². The van der Waals surface area contributed by atoms with Gasteiger partial charge >= 0.3 is 0 Å². The van der Waals surface area contributed by atoms with Gasteiger partial charge in [-0.25, -0.2) is 0 Å². The molecule has 140 valence electrons. The molecule has 0 spiro atoms. The van der Waals surface area contributed by atoms with Crippen molar-refractivity contribution in [1.29, 1.82) is 0 Å². The number of nitrogens with zero attached hydrogens (tertiary/aromatic N) is 1. The topological polar surface area (TPSA) is 49.4 Å². The van der Waals surface area contributed by atoms with E-state index in [4.69, 9.17) is 0 Å². The third kappa shape index (κ3) is 5.73. The number of carbonyl (C=O) groups excluding carboxylic acids is 2. The van der Waals surface area contributed by atoms with Crippen LogP contribution in [0.3, 0.4) is 0 Å². The number of carbonyl (C=O) groups is 2. The first-order valence-corrected chi connectivity index (χ1v) is 10.2. The second-order valence-electron chi connectivity index (χ2n) is 6.60. The first-order chi connectivity index (χ1) is 13.1. The molecule has 0 radical (unpaired) electrons. The van der Waals surface area contributed by atoms with Crippen LogP contribution < -0.4 is 5.32 Å². The second-order valence-corrected chi connectivity index (χ2v) is 7.58. The number of benzene rings is 2. The van der Waals surface area contributed by atoms with Gasteiger partial charge in [-0.05, 0) is 42.2 Å². The van der Waals surface area contributed by atoms with Crippen LogP contribution >= 0.6 is 11.8 Å². The number of anilines is 1. The fraction of sp³-hybridized carbons (Fsp3) is 0.273. The van der Waals surface area contributed by atoms with Gasteiger partial charge in [-0.15, -0.1) is 11.8 Å². The third-order valence-electron chi connectivity index (χ3n) is 4.47. The molecule has 0 unspecified atom stereocenters. The molecule has 4 nitrogen and oxygen atoms in total. The number of aryl methyl sites for hydroxylation is 1. The summed E-state index contributed by atoms with van der Waals surface area (Å²) >= 11 is 1.36. The summed E-state index contributed by atoms with van der Waals surface area (Å²) in [6.45, 7) is 3.36. The summed E-state index contributed by atoms with van der Waals surface area (Å²) < 4.78 is 0. The fourth-order valence-corrected chi connectivity index (χ4v) is 3.77. The minimum atomic E-state index is -0.0803. The molecule has 0 aromatic heterocycles. The van der Waals surface area contributed by atoms with E-state index in [1.54, 1.807) is 0 Å². The zero-order valence-corrected chi connectivity index (χ0v) is 16.3. The molecule has 2 aromatic carbocycles. The Hall–Kier alpha value is -2.53. The van der Waals surface area contributed by atoms with Crippen LogP contribution in [0.2, 0.25) is 0 Å². The van der Waals surface area contributed by atoms with Gasteiger partial charge in [0, 0.05) is 18.8 Å². The summed E-state index contributed by atoms with van der Waals surface area (Å²) in [5, 5.41) is 2.87. The lowest BCUT2D eigenvalue weighted by atomic mass is 10.00. The van der Waals surface area contributed by atoms with E-state index < -0.39 is 0 Å². The van der Waals surface area contributed by atoms with Crippen molar-refractivity contribution in [2.24, 2.45) is 0 Å². The average Bonchev–Trinajstić information content (AvgIpc) is 2.69. The SMILES string of the molecule is Cc1cccc(NC(=O)CSCC(=O)N2CC=C(c3ccccc3)CC2)c1. The van der Waals surface area contributed by atoms with Crippen molar-refractivity contribution in [2.75, 3.05) is 29.9 Å². The normalized spacial score (nSPS) is 13.8. The number of hydrogen-bond donors (Lipinski definition) is 1. The van der Waals surface area contributed by atoms with E-state index in [1.807, 2.05) is 54.3 Å². The standard InChI is InChI=1S/C22H24N2O2S/c1-17-6-5-9-20(14-17)23-21(25)15-27-16-22(26)24-12-10-19(11-13-24)18-7-3-2-4-8-18/h2-10,14H,11-13,15-16H2,1H3,(H,23,25). The number of thioether (sulfide) groups is 1. The highest BCUT2D eigenvalue weighted by Crippen LogP contribution is 2.22. The van der Waals surface area contributed by atoms with Crippen molar-refractivity contribution in [3.63, 3.8) is 0 Å². The lowest BCUT2D eigenvalue weighted by molar-refractivity contribution is -0.127. The lowest BCUT2D eigenvalue weighted by Crippen LogP contribution is -2.36. The van der Waals surface area contributed by atoms with Crippen molar-refractivity contribution < 1.29 is 9.59 Å². The van der Waals surface area contributed by atoms with Crippen LogP contribution in [0.15, 0.2) is 60.7 Å². The smallest absolute Gasteiger partial charge is 0.234 e. The van der Waals surface area contributed by atoms with Crippen molar-refractivity contribution in [3.05, 3.63) is 71.8 Å². The Morgan fingerprint density at radius 2 is 1.89 bits per heavy atom. The summed E-state index contributed by atoms with van der Waals surface area (Å²) in [7, 11) is 0. The molecule has 3 rings (SSSR count). The molecule has 0 atom stereocenters. The van der Waals surface area contributed by atoms with Gasteiger partial charge in [0.15, 0.2) is 0 Å². The van der Waals surface area contributed by atoms with Crippen LogP contribution in [-0.4, -0.2) is 41.3 Å². The van der Waals surface area contributed by atoms with E-state index >= 15 is 0 Å². The van der Waals surface area contributed by atoms with Gasteiger partial charge in [-0.2, -0.15) is 0 Å². The van der Waals surface area contributed by atoms with E-state index in [2.05, 4.69) is 23.5 Å². The summed E-state index contributed by atoms with van der Waals surface area (Å²) in [6.07, 6.45) is 3.00. The molecule has 0 fully saturated rings. The average molecular weight is 381 g/mol. The lowest BCUT2D eigenvalue weighted by Gasteiger charge is -2.26. The van der Waals surface area contributed by atoms with Crippen molar-refractivity contribution in [2.45, 2.75) is 13.3 Å². The van der Waals surface area contributed by atoms with Gasteiger partial charge in [0.2, 0.25) is 11.8 Å². The molecule has 1 heterocycles. The first-order valence-electron chi connectivity index (χ1n) is 9.08. The summed E-state index contributed by atoms with van der Waals surface area (Å²) in [5.41, 5.74) is 4.42. The minimum Gasteiger partial charge on any atom is -0.338 e. The van der Waals surface area contributed by atoms with Crippen LogP contribution in [0.4, 0.5) is 5.69 Å². The Labute approximate surface area is 164 Å². The van der Waals surface area contributed by atoms with E-state index in [-0.39, 0.29) is 17.6 Å². The molecule has 27 heavy (non-hydrogen) atoms. The fourth-order valence-electron chi connectivity index (χ4n) is 3.05. The van der Waals surface area contributed by atoms with Crippen LogP contribution in [-0.2, 0) is 9.59 Å². The zero-order chi connectivity index (χ0) is 19.1. The summed E-state index contributed by atoms with van der Waals surface area (Å²) in [4.78, 5) is 26.2. The molecular weight excluding hydrogens is 356 g/mol. The van der Waals surface area contributed by atoms with Gasteiger partial charge in [-0.1, -0.05) is 48.5 Å². The van der Waals surface area contributed by atoms with Gasteiger partial charge in [0.05, 0.1) is 11.5 Å². The largest absolute Gasteiger partial charge is 0.338 e. The van der Waals surface area contributed by atoms with Gasteiger partial charge < -0.3 is 10.2 Å². The number of hydrogen-bond acceptors (Lipinski definition) is 3. The van der Waals surface area contributed by atoms with E-state index in [0.717, 1.165) is 24.2 Å². The molecule has 2 amide bonds. The Morgan fingerprint density at radius 3 is 2.59 bits per heavy atom. The predicted octanol–water partition coefficient (Wildman–Crippen LogP) is 3.98. The zero-order valence-electron chi connectivity index (χ0n) is 15.5. The molecule has 5 heteroatoms. The van der Waals surface area contributed by atoms with Gasteiger partial charge in [0.25, 0.3) is 0 Å². The van der Waals surface area contributed by atoms with Gasteiger partial charge in [0.1, 0.15) is 0 Å². The van der Waals surface area contributed by atoms with Gasteiger partial charge in [-0.3, -0.25) is 9.59 Å². The minimum absolute atomic E-state index is 0.0803. The molecule has 1 aliphatic heterocycles. The maximum Gasteiger partial charge on any atom is 0.234 e. The second kappa shape index (κ2) is 9.42. The highest BCUT2D eigenvalue weighted by Gasteiger charge is 2.18. The molecule has 2 aromatic rings. The Balaban J connectivity index is 1.41. The maximum atomic E-state index is 12.4. The molecular formula is C22H24N2O2S. The van der Waals surface area contributed by atoms with Crippen molar-refractivity contribution in [3.8, 4) is 0 Å². The number of amides is 2. The highest BCUT2D eigenvalue weighted by molar-refractivity contribution is 8.00. The summed E-state index contributed by atoms with van der Waals surface area (Å²) in [5.74, 6) is 0.615. The number of rotatable bonds is 6. The molecule has 0 saturated carbocycles. The van der Waals surface area contributed by atoms with Crippen LogP contribution in [0, 0.1) is 6.92 Å². The Kier molecular flexibility index (Phi) is 6.71. The molecule has 0 bridgehead atoms. The van der Waals surface area contributed by atoms with Crippen LogP contribution in [0.5, 0.6) is 0 Å². The summed E-state index contributed by atoms with van der Waals surface area (Å²) in [6, 6.07) is 18.0. The number of nitrogens with one attached hydrogen (secondary N) is 1. The highest BCUT2D eigenvalue weighted by atomic mass is 32.2. The predicted molar refractivity (Wildman–Crippen MR) is 113 cm³/mol. The van der Waals surface area contributed by atoms with E-state index in [1.165, 1.54) is 22.9 Å². The van der Waals surface area contributed by atoms with Crippen LogP contribution in [0.25, 0.3) is 5.57 Å². The van der Waals surface area contributed by atoms with E-state index in [9.17, 15) is 9.59 Å². The molecule has 0 saturated heterocycles. The Bertz CT molecular complexity index is 833. The first kappa shape index (κ1) is 19.2. The van der Waals surface area contributed by atoms with E-state index in [0.29, 0.717) is 12.3 Å². The maximum absolute atomic E-state index is 12.4. The quantitative estimate of drug-likeness (QED) is 0.825.